The van der Waals surface area contributed by atoms with Crippen LogP contribution in [0.1, 0.15) is 17.5 Å². The highest BCUT2D eigenvalue weighted by Gasteiger charge is 2.29. The van der Waals surface area contributed by atoms with Crippen molar-refractivity contribution in [2.45, 2.75) is 26.3 Å². The van der Waals surface area contributed by atoms with Gasteiger partial charge < -0.3 is 20.1 Å². The number of carboxylic acid groups (broad SMARTS) is 1. The number of carbonyl (C=O) groups is 2. The summed E-state index contributed by atoms with van der Waals surface area (Å²) in [7, 11) is 0. The SMILES string of the molecule is Cc1cccc(C)c1NC(=O)N1CCOCC1CC(=O)O. The van der Waals surface area contributed by atoms with Crippen molar-refractivity contribution in [3.63, 3.8) is 0 Å². The van der Waals surface area contributed by atoms with Gasteiger partial charge in [0.05, 0.1) is 25.7 Å². The van der Waals surface area contributed by atoms with E-state index in [-0.39, 0.29) is 19.1 Å². The Kier molecular flexibility index (Phi) is 4.80. The van der Waals surface area contributed by atoms with E-state index in [2.05, 4.69) is 5.32 Å². The number of aliphatic carboxylic acids is 1. The summed E-state index contributed by atoms with van der Waals surface area (Å²) < 4.78 is 5.28. The second-order valence-electron chi connectivity index (χ2n) is 5.22. The number of urea groups is 1. The molecule has 1 fully saturated rings. The first kappa shape index (κ1) is 15.3. The summed E-state index contributed by atoms with van der Waals surface area (Å²) in [5, 5.41) is 11.8. The summed E-state index contributed by atoms with van der Waals surface area (Å²) in [5.41, 5.74) is 2.74. The summed E-state index contributed by atoms with van der Waals surface area (Å²) in [6.45, 7) is 4.94. The highest BCUT2D eigenvalue weighted by molar-refractivity contribution is 5.91. The van der Waals surface area contributed by atoms with Gasteiger partial charge >= 0.3 is 12.0 Å². The molecule has 2 rings (SSSR count). The molecule has 0 spiro atoms. The predicted octanol–water partition coefficient (Wildman–Crippen LogP) is 2.01. The Balaban J connectivity index is 2.12. The number of amides is 2. The van der Waals surface area contributed by atoms with Crippen LogP contribution in [0.25, 0.3) is 0 Å². The normalized spacial score (nSPS) is 18.4. The van der Waals surface area contributed by atoms with Crippen molar-refractivity contribution in [3.05, 3.63) is 29.3 Å². The van der Waals surface area contributed by atoms with Crippen molar-refractivity contribution >= 4 is 17.7 Å². The van der Waals surface area contributed by atoms with Crippen molar-refractivity contribution in [1.82, 2.24) is 4.90 Å². The molecule has 0 saturated carbocycles. The number of aryl methyl sites for hydroxylation is 2. The number of nitrogens with one attached hydrogen (secondary N) is 1. The lowest BCUT2D eigenvalue weighted by molar-refractivity contribution is -0.139. The molecule has 1 aromatic rings. The number of carboxylic acids is 1. The minimum Gasteiger partial charge on any atom is -0.481 e. The van der Waals surface area contributed by atoms with E-state index >= 15 is 0 Å². The van der Waals surface area contributed by atoms with Crippen LogP contribution in [0.15, 0.2) is 18.2 Å². The first-order valence-electron chi connectivity index (χ1n) is 6.92. The van der Waals surface area contributed by atoms with E-state index in [0.29, 0.717) is 13.2 Å². The third-order valence-electron chi connectivity index (χ3n) is 3.61. The highest BCUT2D eigenvalue weighted by atomic mass is 16.5. The first-order chi connectivity index (χ1) is 9.99. The van der Waals surface area contributed by atoms with Gasteiger partial charge in [0.2, 0.25) is 0 Å². The van der Waals surface area contributed by atoms with Crippen LogP contribution in [-0.4, -0.2) is 47.8 Å². The molecule has 1 unspecified atom stereocenters. The quantitative estimate of drug-likeness (QED) is 0.893. The van der Waals surface area contributed by atoms with Crippen LogP contribution in [0.2, 0.25) is 0 Å². The highest BCUT2D eigenvalue weighted by Crippen LogP contribution is 2.21. The molecule has 21 heavy (non-hydrogen) atoms. The number of morpholine rings is 1. The van der Waals surface area contributed by atoms with Gasteiger partial charge in [-0.3, -0.25) is 4.79 Å². The van der Waals surface area contributed by atoms with Crippen LogP contribution < -0.4 is 5.32 Å². The van der Waals surface area contributed by atoms with Crippen LogP contribution in [0.5, 0.6) is 0 Å². The molecule has 1 heterocycles. The Morgan fingerprint density at radius 2 is 2.05 bits per heavy atom. The number of benzene rings is 1. The van der Waals surface area contributed by atoms with Crippen molar-refractivity contribution < 1.29 is 19.4 Å². The molecule has 2 amide bonds. The molecule has 1 aromatic carbocycles. The standard InChI is InChI=1S/C15H20N2O4/c1-10-4-3-5-11(2)14(10)16-15(20)17-6-7-21-9-12(17)8-13(18)19/h3-5,12H,6-9H2,1-2H3,(H,16,20)(H,18,19). The maximum atomic E-state index is 12.4. The van der Waals surface area contributed by atoms with Gasteiger partial charge in [0.25, 0.3) is 0 Å². The molecular formula is C15H20N2O4. The molecule has 1 saturated heterocycles. The summed E-state index contributed by atoms with van der Waals surface area (Å²) in [5.74, 6) is -0.935. The third kappa shape index (κ3) is 3.72. The topological polar surface area (TPSA) is 78.9 Å². The Hall–Kier alpha value is -2.08. The second-order valence-corrected chi connectivity index (χ2v) is 5.22. The molecule has 2 N–H and O–H groups in total. The lowest BCUT2D eigenvalue weighted by atomic mass is 10.1. The van der Waals surface area contributed by atoms with Crippen molar-refractivity contribution in [1.29, 1.82) is 0 Å². The van der Waals surface area contributed by atoms with Crippen LogP contribution in [0.3, 0.4) is 0 Å². The van der Waals surface area contributed by atoms with Gasteiger partial charge in [0.1, 0.15) is 0 Å². The average molecular weight is 292 g/mol. The van der Waals surface area contributed by atoms with Gasteiger partial charge in [-0.1, -0.05) is 18.2 Å². The van der Waals surface area contributed by atoms with Gasteiger partial charge in [0.15, 0.2) is 0 Å². The fourth-order valence-electron chi connectivity index (χ4n) is 2.48. The summed E-state index contributed by atoms with van der Waals surface area (Å²) >= 11 is 0. The third-order valence-corrected chi connectivity index (χ3v) is 3.61. The van der Waals surface area contributed by atoms with Crippen molar-refractivity contribution in [3.8, 4) is 0 Å². The number of para-hydroxylation sites is 1. The van der Waals surface area contributed by atoms with Gasteiger partial charge in [-0.2, -0.15) is 0 Å². The molecule has 1 aliphatic rings. The van der Waals surface area contributed by atoms with E-state index in [9.17, 15) is 9.59 Å². The van der Waals surface area contributed by atoms with Gasteiger partial charge in [-0.15, -0.1) is 0 Å². The van der Waals surface area contributed by atoms with E-state index in [1.54, 1.807) is 4.90 Å². The summed E-state index contributed by atoms with van der Waals surface area (Å²) in [4.78, 5) is 24.9. The van der Waals surface area contributed by atoms with Crippen LogP contribution in [0.4, 0.5) is 10.5 Å². The lowest BCUT2D eigenvalue weighted by Crippen LogP contribution is -2.51. The molecule has 0 bridgehead atoms. The molecular weight excluding hydrogens is 272 g/mol. The minimum absolute atomic E-state index is 0.111. The van der Waals surface area contributed by atoms with E-state index in [4.69, 9.17) is 9.84 Å². The molecule has 0 radical (unpaired) electrons. The minimum atomic E-state index is -0.935. The zero-order chi connectivity index (χ0) is 15.4. The zero-order valence-corrected chi connectivity index (χ0v) is 12.3. The maximum absolute atomic E-state index is 12.4. The van der Waals surface area contributed by atoms with E-state index < -0.39 is 12.0 Å². The van der Waals surface area contributed by atoms with Crippen LogP contribution in [0, 0.1) is 13.8 Å². The molecule has 114 valence electrons. The van der Waals surface area contributed by atoms with Crippen molar-refractivity contribution in [2.24, 2.45) is 0 Å². The fourth-order valence-corrected chi connectivity index (χ4v) is 2.48. The first-order valence-corrected chi connectivity index (χ1v) is 6.92. The molecule has 0 aliphatic carbocycles. The molecule has 1 atom stereocenters. The molecule has 6 heteroatoms. The number of anilines is 1. The number of hydrogen-bond acceptors (Lipinski definition) is 3. The Labute approximate surface area is 123 Å². The smallest absolute Gasteiger partial charge is 0.322 e. The van der Waals surface area contributed by atoms with Crippen molar-refractivity contribution in [2.75, 3.05) is 25.1 Å². The van der Waals surface area contributed by atoms with E-state index in [1.807, 2.05) is 32.0 Å². The largest absolute Gasteiger partial charge is 0.481 e. The molecule has 0 aromatic heterocycles. The molecule has 1 aliphatic heterocycles. The fraction of sp³-hybridized carbons (Fsp3) is 0.467. The zero-order valence-electron chi connectivity index (χ0n) is 12.3. The number of nitrogens with zero attached hydrogens (tertiary/aromatic N) is 1. The van der Waals surface area contributed by atoms with E-state index in [0.717, 1.165) is 16.8 Å². The summed E-state index contributed by atoms with van der Waals surface area (Å²) in [6.07, 6.45) is -0.111. The van der Waals surface area contributed by atoms with E-state index in [1.165, 1.54) is 0 Å². The number of hydrogen-bond donors (Lipinski definition) is 2. The Morgan fingerprint density at radius 1 is 1.38 bits per heavy atom. The number of ether oxygens (including phenoxy) is 1. The maximum Gasteiger partial charge on any atom is 0.322 e. The Morgan fingerprint density at radius 3 is 2.67 bits per heavy atom. The predicted molar refractivity (Wildman–Crippen MR) is 78.5 cm³/mol. The van der Waals surface area contributed by atoms with Crippen LogP contribution >= 0.6 is 0 Å². The molecule has 6 nitrogen and oxygen atoms in total. The monoisotopic (exact) mass is 292 g/mol. The number of rotatable bonds is 3. The number of carbonyl (C=O) groups excluding carboxylic acids is 1. The summed E-state index contributed by atoms with van der Waals surface area (Å²) in [6, 6.07) is 5.08. The van der Waals surface area contributed by atoms with Gasteiger partial charge in [-0.25, -0.2) is 4.79 Å². The lowest BCUT2D eigenvalue weighted by Gasteiger charge is -2.35. The van der Waals surface area contributed by atoms with Gasteiger partial charge in [0, 0.05) is 12.2 Å². The Bertz CT molecular complexity index is 524. The van der Waals surface area contributed by atoms with Gasteiger partial charge in [-0.05, 0) is 25.0 Å². The average Bonchev–Trinajstić information content (AvgIpc) is 2.43. The second kappa shape index (κ2) is 6.58. The van der Waals surface area contributed by atoms with Crippen LogP contribution in [-0.2, 0) is 9.53 Å².